The van der Waals surface area contributed by atoms with E-state index in [-0.39, 0.29) is 0 Å². The molecule has 0 spiro atoms. The summed E-state index contributed by atoms with van der Waals surface area (Å²) in [6, 6.07) is 0. The summed E-state index contributed by atoms with van der Waals surface area (Å²) in [5, 5.41) is 2.21. The van der Waals surface area contributed by atoms with Crippen LogP contribution in [0.1, 0.15) is 34.1 Å². The minimum absolute atomic E-state index is 0.446. The molecule has 0 aromatic carbocycles. The maximum absolute atomic E-state index is 12.7. The fourth-order valence-electron chi connectivity index (χ4n) is 1.60. The molecular formula is C13H23F3N2. The molecular weight excluding hydrogens is 241 g/mol. The first-order valence-electron chi connectivity index (χ1n) is 6.10. The van der Waals surface area contributed by atoms with Gasteiger partial charge in [0.05, 0.1) is 5.54 Å². The highest BCUT2D eigenvalue weighted by Crippen LogP contribution is 2.26. The molecule has 1 N–H and O–H groups in total. The lowest BCUT2D eigenvalue weighted by molar-refractivity contribution is -0.0975. The van der Waals surface area contributed by atoms with Crippen molar-refractivity contribution in [1.82, 2.24) is 10.2 Å². The van der Waals surface area contributed by atoms with E-state index in [4.69, 9.17) is 0 Å². The summed E-state index contributed by atoms with van der Waals surface area (Å²) in [7, 11) is 1.28. The Morgan fingerprint density at radius 2 is 1.78 bits per heavy atom. The second-order valence-electron chi connectivity index (χ2n) is 4.54. The van der Waals surface area contributed by atoms with Gasteiger partial charge in [0.25, 0.3) is 0 Å². The summed E-state index contributed by atoms with van der Waals surface area (Å²) >= 11 is 0. The number of alkyl halides is 3. The Morgan fingerprint density at radius 1 is 1.22 bits per heavy atom. The summed E-state index contributed by atoms with van der Waals surface area (Å²) in [5.41, 5.74) is -1.18. The Balaban J connectivity index is 5.20. The predicted molar refractivity (Wildman–Crippen MR) is 69.1 cm³/mol. The smallest absolute Gasteiger partial charge is 0.383 e. The standard InChI is InChI=1S/C13H23F3N2/c1-6-8-9-12(3,4)18(7-2)10-11(17-5)13(14,15)16/h8-10,17H,6-7H2,1-5H3/b9-8-,11-10-. The van der Waals surface area contributed by atoms with Gasteiger partial charge in [0.15, 0.2) is 0 Å². The molecule has 18 heavy (non-hydrogen) atoms. The lowest BCUT2D eigenvalue weighted by Gasteiger charge is -2.35. The van der Waals surface area contributed by atoms with Crippen LogP contribution in [-0.4, -0.2) is 30.2 Å². The van der Waals surface area contributed by atoms with Crippen molar-refractivity contribution in [1.29, 1.82) is 0 Å². The van der Waals surface area contributed by atoms with Gasteiger partial charge in [0, 0.05) is 19.8 Å². The van der Waals surface area contributed by atoms with E-state index in [0.717, 1.165) is 12.6 Å². The molecule has 0 aliphatic rings. The maximum Gasteiger partial charge on any atom is 0.432 e. The average Bonchev–Trinajstić information content (AvgIpc) is 2.25. The second-order valence-corrected chi connectivity index (χ2v) is 4.54. The molecule has 0 unspecified atom stereocenters. The summed E-state index contributed by atoms with van der Waals surface area (Å²) in [6.07, 6.45) is 1.54. The van der Waals surface area contributed by atoms with Crippen molar-refractivity contribution in [3.63, 3.8) is 0 Å². The molecule has 0 radical (unpaired) electrons. The van der Waals surface area contributed by atoms with Gasteiger partial charge in [0.2, 0.25) is 0 Å². The molecule has 106 valence electrons. The summed E-state index contributed by atoms with van der Waals surface area (Å²) in [5.74, 6) is 0. The Labute approximate surface area is 108 Å². The number of halogens is 3. The molecule has 5 heteroatoms. The van der Waals surface area contributed by atoms with Crippen molar-refractivity contribution in [2.75, 3.05) is 13.6 Å². The first kappa shape index (κ1) is 16.9. The third-order valence-corrected chi connectivity index (χ3v) is 2.70. The molecule has 0 aromatic heterocycles. The third-order valence-electron chi connectivity index (χ3n) is 2.70. The Morgan fingerprint density at radius 3 is 2.11 bits per heavy atom. The van der Waals surface area contributed by atoms with Crippen LogP contribution in [0, 0.1) is 0 Å². The highest BCUT2D eigenvalue weighted by Gasteiger charge is 2.34. The van der Waals surface area contributed by atoms with Gasteiger partial charge >= 0.3 is 6.18 Å². The molecule has 0 heterocycles. The first-order chi connectivity index (χ1) is 8.19. The molecule has 0 saturated carbocycles. The maximum atomic E-state index is 12.7. The molecule has 0 aromatic rings. The summed E-state index contributed by atoms with van der Waals surface area (Å²) in [6.45, 7) is 8.11. The Kier molecular flexibility index (Phi) is 6.29. The number of nitrogens with zero attached hydrogens (tertiary/aromatic N) is 1. The number of rotatable bonds is 6. The fraction of sp³-hybridized carbons (Fsp3) is 0.692. The zero-order chi connectivity index (χ0) is 14.4. The molecule has 0 atom stereocenters. The van der Waals surface area contributed by atoms with E-state index >= 15 is 0 Å². The van der Waals surface area contributed by atoms with E-state index < -0.39 is 17.4 Å². The van der Waals surface area contributed by atoms with E-state index in [1.807, 2.05) is 39.8 Å². The van der Waals surface area contributed by atoms with E-state index in [1.165, 1.54) is 7.05 Å². The summed E-state index contributed by atoms with van der Waals surface area (Å²) in [4.78, 5) is 1.67. The molecule has 0 amide bonds. The van der Waals surface area contributed by atoms with Crippen molar-refractivity contribution in [3.8, 4) is 0 Å². The Bertz CT molecular complexity index is 304. The van der Waals surface area contributed by atoms with Gasteiger partial charge in [-0.05, 0) is 27.2 Å². The minimum atomic E-state index is -4.35. The molecule has 0 aliphatic heterocycles. The first-order valence-corrected chi connectivity index (χ1v) is 6.10. The third kappa shape index (κ3) is 5.02. The van der Waals surface area contributed by atoms with Gasteiger partial charge in [-0.25, -0.2) is 0 Å². The van der Waals surface area contributed by atoms with Gasteiger partial charge in [-0.1, -0.05) is 19.1 Å². The van der Waals surface area contributed by atoms with Crippen LogP contribution in [-0.2, 0) is 0 Å². The van der Waals surface area contributed by atoms with E-state index in [2.05, 4.69) is 5.32 Å². The van der Waals surface area contributed by atoms with Crippen LogP contribution in [0.5, 0.6) is 0 Å². The lowest BCUT2D eigenvalue weighted by Crippen LogP contribution is -2.40. The van der Waals surface area contributed by atoms with Crippen LogP contribution in [0.2, 0.25) is 0 Å². The topological polar surface area (TPSA) is 15.3 Å². The number of hydrogen-bond acceptors (Lipinski definition) is 2. The van der Waals surface area contributed by atoms with Gasteiger partial charge in [-0.2, -0.15) is 13.2 Å². The SMILES string of the molecule is CC/C=C\C(C)(C)N(/C=C(\NC)C(F)(F)F)CC. The fourth-order valence-corrected chi connectivity index (χ4v) is 1.60. The molecule has 0 saturated heterocycles. The van der Waals surface area contributed by atoms with E-state index in [9.17, 15) is 13.2 Å². The molecule has 0 bridgehead atoms. The van der Waals surface area contributed by atoms with Crippen molar-refractivity contribution in [3.05, 3.63) is 24.0 Å². The van der Waals surface area contributed by atoms with E-state index in [1.54, 1.807) is 4.90 Å². The highest BCUT2D eigenvalue weighted by molar-refractivity contribution is 5.11. The van der Waals surface area contributed by atoms with Gasteiger partial charge in [0.1, 0.15) is 5.70 Å². The lowest BCUT2D eigenvalue weighted by atomic mass is 10.0. The van der Waals surface area contributed by atoms with Crippen LogP contribution in [0.25, 0.3) is 0 Å². The monoisotopic (exact) mass is 264 g/mol. The largest absolute Gasteiger partial charge is 0.432 e. The van der Waals surface area contributed by atoms with Gasteiger partial charge in [-0.15, -0.1) is 0 Å². The van der Waals surface area contributed by atoms with Gasteiger partial charge < -0.3 is 10.2 Å². The molecule has 2 nitrogen and oxygen atoms in total. The number of likely N-dealkylation sites (N-methyl/N-ethyl adjacent to an activating group) is 1. The molecule has 0 rings (SSSR count). The van der Waals surface area contributed by atoms with Crippen LogP contribution < -0.4 is 5.32 Å². The van der Waals surface area contributed by atoms with Crippen LogP contribution in [0.4, 0.5) is 13.2 Å². The van der Waals surface area contributed by atoms with Crippen molar-refractivity contribution >= 4 is 0 Å². The van der Waals surface area contributed by atoms with Crippen LogP contribution in [0.15, 0.2) is 24.0 Å². The van der Waals surface area contributed by atoms with Crippen LogP contribution in [0.3, 0.4) is 0 Å². The zero-order valence-electron chi connectivity index (χ0n) is 11.7. The van der Waals surface area contributed by atoms with Crippen molar-refractivity contribution in [2.24, 2.45) is 0 Å². The quantitative estimate of drug-likeness (QED) is 0.736. The van der Waals surface area contributed by atoms with Crippen LogP contribution >= 0.6 is 0 Å². The minimum Gasteiger partial charge on any atom is -0.383 e. The average molecular weight is 264 g/mol. The van der Waals surface area contributed by atoms with Crippen molar-refractivity contribution in [2.45, 2.75) is 45.8 Å². The Hall–Kier alpha value is -1.13. The van der Waals surface area contributed by atoms with Gasteiger partial charge in [-0.3, -0.25) is 0 Å². The number of hydrogen-bond donors (Lipinski definition) is 1. The molecule has 0 fully saturated rings. The zero-order valence-corrected chi connectivity index (χ0v) is 11.7. The normalized spacial score (nSPS) is 14.1. The van der Waals surface area contributed by atoms with E-state index in [0.29, 0.717) is 6.54 Å². The predicted octanol–water partition coefficient (Wildman–Crippen LogP) is 3.68. The summed E-state index contributed by atoms with van der Waals surface area (Å²) < 4.78 is 38.0. The second kappa shape index (κ2) is 6.71. The van der Waals surface area contributed by atoms with Crippen molar-refractivity contribution < 1.29 is 13.2 Å². The number of nitrogens with one attached hydrogen (secondary N) is 1. The highest BCUT2D eigenvalue weighted by atomic mass is 19.4. The molecule has 0 aliphatic carbocycles. The number of allylic oxidation sites excluding steroid dienone is 2.